The van der Waals surface area contributed by atoms with Crippen molar-refractivity contribution in [2.24, 2.45) is 0 Å². The average Bonchev–Trinajstić information content (AvgIpc) is 2.84. The number of carboxylic acids is 1. The fraction of sp³-hybridized carbons (Fsp3) is 0.182. The second kappa shape index (κ2) is 5.46. The number of hydrogen-bond donors (Lipinski definition) is 3. The highest BCUT2D eigenvalue weighted by Crippen LogP contribution is 2.19. The molecule has 0 unspecified atom stereocenters. The molecule has 0 amide bonds. The minimum atomic E-state index is -1.06. The predicted octanol–water partition coefficient (Wildman–Crippen LogP) is 1.47. The summed E-state index contributed by atoms with van der Waals surface area (Å²) in [5.74, 6) is -0.664. The number of nitrogen functional groups attached to an aromatic ring is 1. The molecule has 0 aliphatic heterocycles. The summed E-state index contributed by atoms with van der Waals surface area (Å²) in [4.78, 5) is 19.1. The highest BCUT2D eigenvalue weighted by Gasteiger charge is 2.11. The minimum absolute atomic E-state index is 0.0566. The van der Waals surface area contributed by atoms with Crippen molar-refractivity contribution in [1.29, 1.82) is 0 Å². The van der Waals surface area contributed by atoms with Crippen LogP contribution in [0.15, 0.2) is 23.2 Å². The number of nitrogens with two attached hydrogens (primary N) is 1. The second-order valence-electron chi connectivity index (χ2n) is 3.58. The van der Waals surface area contributed by atoms with E-state index in [1.165, 1.54) is 23.6 Å². The van der Waals surface area contributed by atoms with E-state index in [1.807, 2.05) is 5.38 Å². The van der Waals surface area contributed by atoms with Crippen LogP contribution in [0.4, 0.5) is 11.5 Å². The van der Waals surface area contributed by atoms with Crippen molar-refractivity contribution in [3.8, 4) is 0 Å². The zero-order valence-corrected chi connectivity index (χ0v) is 10.3. The molecule has 0 aliphatic carbocycles. The number of thiazole rings is 1. The Labute approximate surface area is 108 Å². The van der Waals surface area contributed by atoms with Gasteiger partial charge in [0.15, 0.2) is 0 Å². The van der Waals surface area contributed by atoms with Crippen LogP contribution in [0.2, 0.25) is 0 Å². The zero-order valence-electron chi connectivity index (χ0n) is 9.46. The third kappa shape index (κ3) is 2.75. The molecule has 0 bridgehead atoms. The van der Waals surface area contributed by atoms with Crippen LogP contribution in [0.5, 0.6) is 0 Å². The van der Waals surface area contributed by atoms with E-state index in [4.69, 9.17) is 10.8 Å². The first-order valence-electron chi connectivity index (χ1n) is 5.27. The molecule has 2 aromatic heterocycles. The number of pyridine rings is 1. The van der Waals surface area contributed by atoms with Crippen LogP contribution in [-0.2, 0) is 6.42 Å². The molecule has 0 radical (unpaired) electrons. The molecule has 2 aromatic rings. The standard InChI is InChI=1S/C11H12N4O2S/c12-9-8(11(16)17)2-4-14-10(9)13-3-1-7-5-18-6-15-7/h2,4-6H,1,3,12H2,(H,13,14)(H,16,17). The maximum absolute atomic E-state index is 10.9. The van der Waals surface area contributed by atoms with Crippen molar-refractivity contribution in [3.63, 3.8) is 0 Å². The molecule has 0 spiro atoms. The molecule has 0 atom stereocenters. The van der Waals surface area contributed by atoms with Gasteiger partial charge in [-0.1, -0.05) is 0 Å². The summed E-state index contributed by atoms with van der Waals surface area (Å²) in [5.41, 5.74) is 8.69. The second-order valence-corrected chi connectivity index (χ2v) is 4.30. The Hall–Kier alpha value is -2.15. The molecule has 2 heterocycles. The predicted molar refractivity (Wildman–Crippen MR) is 69.9 cm³/mol. The van der Waals surface area contributed by atoms with Crippen molar-refractivity contribution < 1.29 is 9.90 Å². The first kappa shape index (κ1) is 12.3. The number of anilines is 2. The number of carboxylic acid groups (broad SMARTS) is 1. The molecule has 0 saturated heterocycles. The summed E-state index contributed by atoms with van der Waals surface area (Å²) in [5, 5.41) is 13.9. The topological polar surface area (TPSA) is 101 Å². The normalized spacial score (nSPS) is 10.2. The van der Waals surface area contributed by atoms with Gasteiger partial charge in [-0.25, -0.2) is 14.8 Å². The fourth-order valence-corrected chi connectivity index (χ4v) is 2.06. The lowest BCUT2D eigenvalue weighted by molar-refractivity contribution is 0.0698. The first-order chi connectivity index (χ1) is 8.68. The van der Waals surface area contributed by atoms with Gasteiger partial charge in [0.05, 0.1) is 22.5 Å². The van der Waals surface area contributed by atoms with Gasteiger partial charge in [0.2, 0.25) is 0 Å². The summed E-state index contributed by atoms with van der Waals surface area (Å²) in [7, 11) is 0. The van der Waals surface area contributed by atoms with Gasteiger partial charge in [-0.15, -0.1) is 11.3 Å². The lowest BCUT2D eigenvalue weighted by Gasteiger charge is -2.09. The van der Waals surface area contributed by atoms with E-state index in [2.05, 4.69) is 15.3 Å². The van der Waals surface area contributed by atoms with Gasteiger partial charge in [0.25, 0.3) is 0 Å². The largest absolute Gasteiger partial charge is 0.478 e. The molecule has 0 fully saturated rings. The number of nitrogens with one attached hydrogen (secondary N) is 1. The Morgan fingerprint density at radius 2 is 2.33 bits per heavy atom. The Morgan fingerprint density at radius 3 is 3.00 bits per heavy atom. The lowest BCUT2D eigenvalue weighted by Crippen LogP contribution is -2.11. The van der Waals surface area contributed by atoms with Gasteiger partial charge in [-0.05, 0) is 6.07 Å². The molecular formula is C11H12N4O2S. The summed E-state index contributed by atoms with van der Waals surface area (Å²) < 4.78 is 0. The molecule has 2 rings (SSSR count). The quantitative estimate of drug-likeness (QED) is 0.756. The molecule has 0 aliphatic rings. The van der Waals surface area contributed by atoms with Gasteiger partial charge in [-0.2, -0.15) is 0 Å². The van der Waals surface area contributed by atoms with Gasteiger partial charge in [-0.3, -0.25) is 0 Å². The zero-order chi connectivity index (χ0) is 13.0. The van der Waals surface area contributed by atoms with Gasteiger partial charge >= 0.3 is 5.97 Å². The van der Waals surface area contributed by atoms with E-state index in [9.17, 15) is 4.79 Å². The van der Waals surface area contributed by atoms with E-state index in [1.54, 1.807) is 5.51 Å². The SMILES string of the molecule is Nc1c(C(=O)O)ccnc1NCCc1cscn1. The lowest BCUT2D eigenvalue weighted by atomic mass is 10.2. The number of hydrogen-bond acceptors (Lipinski definition) is 6. The van der Waals surface area contributed by atoms with Crippen LogP contribution in [0, 0.1) is 0 Å². The van der Waals surface area contributed by atoms with Crippen molar-refractivity contribution in [3.05, 3.63) is 34.4 Å². The molecule has 0 aromatic carbocycles. The third-order valence-electron chi connectivity index (χ3n) is 2.38. The number of nitrogens with zero attached hydrogens (tertiary/aromatic N) is 2. The molecule has 0 saturated carbocycles. The van der Waals surface area contributed by atoms with Crippen LogP contribution in [0.3, 0.4) is 0 Å². The van der Waals surface area contributed by atoms with E-state index in [0.29, 0.717) is 12.4 Å². The number of aromatic carboxylic acids is 1. The van der Waals surface area contributed by atoms with Crippen molar-refractivity contribution in [2.45, 2.75) is 6.42 Å². The monoisotopic (exact) mass is 264 g/mol. The summed E-state index contributed by atoms with van der Waals surface area (Å²) in [6.45, 7) is 0.601. The molecule has 7 heteroatoms. The summed E-state index contributed by atoms with van der Waals surface area (Å²) in [6.07, 6.45) is 2.16. The van der Waals surface area contributed by atoms with Crippen molar-refractivity contribution in [1.82, 2.24) is 9.97 Å². The molecule has 4 N–H and O–H groups in total. The smallest absolute Gasteiger partial charge is 0.337 e. The maximum atomic E-state index is 10.9. The van der Waals surface area contributed by atoms with Gasteiger partial charge < -0.3 is 16.2 Å². The fourth-order valence-electron chi connectivity index (χ4n) is 1.47. The van der Waals surface area contributed by atoms with E-state index < -0.39 is 5.97 Å². The highest BCUT2D eigenvalue weighted by molar-refractivity contribution is 7.07. The van der Waals surface area contributed by atoms with Crippen LogP contribution >= 0.6 is 11.3 Å². The van der Waals surface area contributed by atoms with Gasteiger partial charge in [0, 0.05) is 24.5 Å². The number of carbonyl (C=O) groups is 1. The summed E-state index contributed by atoms with van der Waals surface area (Å²) >= 11 is 1.54. The van der Waals surface area contributed by atoms with Crippen LogP contribution in [0.1, 0.15) is 16.1 Å². The maximum Gasteiger partial charge on any atom is 0.337 e. The number of rotatable bonds is 5. The Balaban J connectivity index is 2.01. The minimum Gasteiger partial charge on any atom is -0.478 e. The van der Waals surface area contributed by atoms with E-state index in [0.717, 1.165) is 12.1 Å². The summed E-state index contributed by atoms with van der Waals surface area (Å²) in [6, 6.07) is 1.38. The van der Waals surface area contributed by atoms with Crippen LogP contribution in [-0.4, -0.2) is 27.6 Å². The molecule has 6 nitrogen and oxygen atoms in total. The Morgan fingerprint density at radius 1 is 1.50 bits per heavy atom. The molecular weight excluding hydrogens is 252 g/mol. The van der Waals surface area contributed by atoms with Crippen LogP contribution in [0.25, 0.3) is 0 Å². The van der Waals surface area contributed by atoms with Crippen molar-refractivity contribution in [2.75, 3.05) is 17.6 Å². The Kier molecular flexibility index (Phi) is 3.73. The number of aromatic nitrogens is 2. The Bertz CT molecular complexity index is 542. The van der Waals surface area contributed by atoms with E-state index in [-0.39, 0.29) is 11.3 Å². The molecule has 94 valence electrons. The van der Waals surface area contributed by atoms with Crippen LogP contribution < -0.4 is 11.1 Å². The van der Waals surface area contributed by atoms with E-state index >= 15 is 0 Å². The molecule has 18 heavy (non-hydrogen) atoms. The average molecular weight is 264 g/mol. The first-order valence-corrected chi connectivity index (χ1v) is 6.21. The third-order valence-corrected chi connectivity index (χ3v) is 3.01. The van der Waals surface area contributed by atoms with Gasteiger partial charge in [0.1, 0.15) is 5.82 Å². The highest BCUT2D eigenvalue weighted by atomic mass is 32.1. The van der Waals surface area contributed by atoms with Crippen molar-refractivity contribution >= 4 is 28.8 Å².